The minimum atomic E-state index is 0.108. The van der Waals surface area contributed by atoms with E-state index >= 15 is 0 Å². The van der Waals surface area contributed by atoms with Gasteiger partial charge in [-0.15, -0.1) is 0 Å². The maximum absolute atomic E-state index is 11.6. The molecular formula is C23H28N4O2. The van der Waals surface area contributed by atoms with Gasteiger partial charge in [0.1, 0.15) is 5.82 Å². The lowest BCUT2D eigenvalue weighted by Crippen LogP contribution is -2.34. The Morgan fingerprint density at radius 2 is 2.10 bits per heavy atom. The van der Waals surface area contributed by atoms with Gasteiger partial charge in [-0.1, -0.05) is 6.07 Å². The molecule has 2 amide bonds. The Morgan fingerprint density at radius 3 is 2.90 bits per heavy atom. The molecule has 4 atom stereocenters. The molecule has 4 fully saturated rings. The van der Waals surface area contributed by atoms with Gasteiger partial charge < -0.3 is 14.8 Å². The van der Waals surface area contributed by atoms with Crippen molar-refractivity contribution in [2.24, 2.45) is 11.3 Å². The highest BCUT2D eigenvalue weighted by Crippen LogP contribution is 2.55. The van der Waals surface area contributed by atoms with E-state index in [1.165, 1.54) is 31.2 Å². The number of carbonyl (C=O) groups excluding carboxylic acids is 2. The summed E-state index contributed by atoms with van der Waals surface area (Å²) in [5, 5.41) is 0. The van der Waals surface area contributed by atoms with E-state index in [-0.39, 0.29) is 6.04 Å². The van der Waals surface area contributed by atoms with Gasteiger partial charge in [0.2, 0.25) is 12.8 Å². The minimum absolute atomic E-state index is 0.108. The van der Waals surface area contributed by atoms with Crippen LogP contribution in [0.5, 0.6) is 0 Å². The van der Waals surface area contributed by atoms with Gasteiger partial charge >= 0.3 is 0 Å². The molecule has 3 heterocycles. The third-order valence-corrected chi connectivity index (χ3v) is 8.12. The fraction of sp³-hybridized carbons (Fsp3) is 0.609. The SMILES string of the molecule is O=CN1CC2(CC2)C[C@H]1CCc1ccc2nc([C@@H]3[C@H]4CC[C@H](C4)N3C=O)[nH]c2c1. The molecule has 1 N–H and O–H groups in total. The summed E-state index contributed by atoms with van der Waals surface area (Å²) in [6.45, 7) is 0.959. The summed E-state index contributed by atoms with van der Waals surface area (Å²) in [5.41, 5.74) is 3.78. The van der Waals surface area contributed by atoms with E-state index in [1.54, 1.807) is 0 Å². The van der Waals surface area contributed by atoms with Crippen LogP contribution in [-0.4, -0.2) is 51.2 Å². The van der Waals surface area contributed by atoms with Gasteiger partial charge in [0, 0.05) is 18.6 Å². The molecular weight excluding hydrogens is 364 g/mol. The Balaban J connectivity index is 1.19. The number of rotatable bonds is 6. The summed E-state index contributed by atoms with van der Waals surface area (Å²) < 4.78 is 0. The normalized spacial score (nSPS) is 31.9. The number of aryl methyl sites for hydroxylation is 1. The van der Waals surface area contributed by atoms with E-state index in [0.29, 0.717) is 23.4 Å². The molecule has 1 aromatic carbocycles. The smallest absolute Gasteiger partial charge is 0.210 e. The fourth-order valence-corrected chi connectivity index (χ4v) is 6.37. The van der Waals surface area contributed by atoms with Gasteiger partial charge in [-0.05, 0) is 80.4 Å². The molecule has 2 saturated carbocycles. The second-order valence-corrected chi connectivity index (χ2v) is 9.87. The van der Waals surface area contributed by atoms with Crippen molar-refractivity contribution in [3.05, 3.63) is 29.6 Å². The lowest BCUT2D eigenvalue weighted by molar-refractivity contribution is -0.122. The summed E-state index contributed by atoms with van der Waals surface area (Å²) in [4.78, 5) is 35.4. The lowest BCUT2D eigenvalue weighted by atomic mass is 9.98. The predicted molar refractivity (Wildman–Crippen MR) is 109 cm³/mol. The number of fused-ring (bicyclic) bond motifs is 3. The summed E-state index contributed by atoms with van der Waals surface area (Å²) in [5.74, 6) is 1.48. The van der Waals surface area contributed by atoms with E-state index in [0.717, 1.165) is 61.9 Å². The molecule has 6 nitrogen and oxygen atoms in total. The molecule has 2 aliphatic carbocycles. The van der Waals surface area contributed by atoms with Gasteiger partial charge in [0.15, 0.2) is 0 Å². The molecule has 1 spiro atoms. The fourth-order valence-electron chi connectivity index (χ4n) is 6.37. The number of benzene rings is 1. The maximum atomic E-state index is 11.6. The third-order valence-electron chi connectivity index (χ3n) is 8.12. The molecule has 4 aliphatic rings. The molecule has 6 heteroatoms. The molecule has 6 rings (SSSR count). The number of nitrogens with one attached hydrogen (secondary N) is 1. The van der Waals surface area contributed by atoms with Gasteiger partial charge in [-0.3, -0.25) is 9.59 Å². The van der Waals surface area contributed by atoms with Crippen molar-refractivity contribution >= 4 is 23.9 Å². The van der Waals surface area contributed by atoms with Crippen LogP contribution >= 0.6 is 0 Å². The zero-order valence-corrected chi connectivity index (χ0v) is 16.7. The number of aromatic nitrogens is 2. The van der Waals surface area contributed by atoms with E-state index in [2.05, 4.69) is 23.2 Å². The standard InChI is InChI=1S/C23H28N4O2/c28-13-26-12-23(7-8-23)11-18(26)4-1-15-2-6-19-20(9-15)25-22(24-19)21-16-3-5-17(10-16)27(21)14-29/h2,6,9,13-14,16-18,21H,1,3-5,7-8,10-12H2,(H,24,25)/t16-,17+,18+,21-/m0/s1. The van der Waals surface area contributed by atoms with Crippen LogP contribution in [0.25, 0.3) is 11.0 Å². The summed E-state index contributed by atoms with van der Waals surface area (Å²) >= 11 is 0. The Labute approximate surface area is 170 Å². The number of piperidine rings is 1. The number of hydrogen-bond acceptors (Lipinski definition) is 3. The highest BCUT2D eigenvalue weighted by atomic mass is 16.1. The van der Waals surface area contributed by atoms with Crippen LogP contribution in [0.3, 0.4) is 0 Å². The van der Waals surface area contributed by atoms with Gasteiger partial charge in [-0.2, -0.15) is 0 Å². The second kappa shape index (κ2) is 6.31. The van der Waals surface area contributed by atoms with Gasteiger partial charge in [0.05, 0.1) is 17.1 Å². The van der Waals surface area contributed by atoms with Gasteiger partial charge in [-0.25, -0.2) is 4.98 Å². The highest BCUT2D eigenvalue weighted by Gasteiger charge is 2.51. The number of aromatic amines is 1. The van der Waals surface area contributed by atoms with E-state index in [9.17, 15) is 9.59 Å². The van der Waals surface area contributed by atoms with Crippen molar-refractivity contribution in [1.29, 1.82) is 0 Å². The lowest BCUT2D eigenvalue weighted by Gasteiger charge is -2.30. The van der Waals surface area contributed by atoms with Crippen molar-refractivity contribution < 1.29 is 9.59 Å². The van der Waals surface area contributed by atoms with Crippen LogP contribution < -0.4 is 0 Å². The zero-order valence-electron chi connectivity index (χ0n) is 16.7. The van der Waals surface area contributed by atoms with Crippen molar-refractivity contribution in [1.82, 2.24) is 19.8 Å². The molecule has 0 unspecified atom stereocenters. The van der Waals surface area contributed by atoms with Crippen LogP contribution in [0.15, 0.2) is 18.2 Å². The molecule has 29 heavy (non-hydrogen) atoms. The second-order valence-electron chi connectivity index (χ2n) is 9.87. The number of carbonyl (C=O) groups is 2. The summed E-state index contributed by atoms with van der Waals surface area (Å²) in [6.07, 6.45) is 11.3. The topological polar surface area (TPSA) is 69.3 Å². The molecule has 2 aromatic rings. The third kappa shape index (κ3) is 2.79. The number of imidazole rings is 1. The first-order chi connectivity index (χ1) is 14.2. The molecule has 2 bridgehead atoms. The number of H-pyrrole nitrogens is 1. The molecule has 2 saturated heterocycles. The quantitative estimate of drug-likeness (QED) is 0.768. The van der Waals surface area contributed by atoms with E-state index in [4.69, 9.17) is 4.98 Å². The predicted octanol–water partition coefficient (Wildman–Crippen LogP) is 3.19. The first-order valence-corrected chi connectivity index (χ1v) is 11.1. The van der Waals surface area contributed by atoms with Crippen LogP contribution in [0.2, 0.25) is 0 Å². The highest BCUT2D eigenvalue weighted by molar-refractivity contribution is 5.76. The molecule has 0 radical (unpaired) electrons. The van der Waals surface area contributed by atoms with E-state index < -0.39 is 0 Å². The van der Waals surface area contributed by atoms with Crippen LogP contribution in [0.4, 0.5) is 0 Å². The van der Waals surface area contributed by atoms with Gasteiger partial charge in [0.25, 0.3) is 0 Å². The van der Waals surface area contributed by atoms with Crippen LogP contribution in [0.1, 0.15) is 62.4 Å². The van der Waals surface area contributed by atoms with Crippen molar-refractivity contribution in [3.63, 3.8) is 0 Å². The first kappa shape index (κ1) is 17.5. The Hall–Kier alpha value is -2.37. The van der Waals surface area contributed by atoms with E-state index in [1.807, 2.05) is 9.80 Å². The first-order valence-electron chi connectivity index (χ1n) is 11.1. The average molecular weight is 393 g/mol. The number of amides is 2. The molecule has 1 aromatic heterocycles. The van der Waals surface area contributed by atoms with Crippen LogP contribution in [-0.2, 0) is 16.0 Å². The zero-order chi connectivity index (χ0) is 19.6. The molecule has 152 valence electrons. The monoisotopic (exact) mass is 392 g/mol. The minimum Gasteiger partial charge on any atom is -0.342 e. The van der Waals surface area contributed by atoms with Crippen LogP contribution in [0, 0.1) is 11.3 Å². The Bertz CT molecular complexity index is 965. The summed E-state index contributed by atoms with van der Waals surface area (Å²) in [7, 11) is 0. The number of nitrogens with zero attached hydrogens (tertiary/aromatic N) is 3. The number of likely N-dealkylation sites (tertiary alicyclic amines) is 2. The largest absolute Gasteiger partial charge is 0.342 e. The van der Waals surface area contributed by atoms with Crippen molar-refractivity contribution in [2.75, 3.05) is 6.54 Å². The number of hydrogen-bond donors (Lipinski definition) is 1. The van der Waals surface area contributed by atoms with Crippen molar-refractivity contribution in [3.8, 4) is 0 Å². The Morgan fingerprint density at radius 1 is 1.21 bits per heavy atom. The van der Waals surface area contributed by atoms with Crippen molar-refractivity contribution in [2.45, 2.75) is 69.5 Å². The summed E-state index contributed by atoms with van der Waals surface area (Å²) in [6, 6.07) is 7.36. The Kier molecular flexibility index (Phi) is 3.81. The molecule has 2 aliphatic heterocycles. The average Bonchev–Trinajstić information content (AvgIpc) is 3.15. The maximum Gasteiger partial charge on any atom is 0.210 e.